The Morgan fingerprint density at radius 3 is 2.73 bits per heavy atom. The molecule has 2 rings (SSSR count). The van der Waals surface area contributed by atoms with Gasteiger partial charge < -0.3 is 9.84 Å². The average Bonchev–Trinajstić information content (AvgIpc) is 2.71. The lowest BCUT2D eigenvalue weighted by atomic mass is 10.0. The summed E-state index contributed by atoms with van der Waals surface area (Å²) in [5, 5.41) is 9.50. The first kappa shape index (κ1) is 7.10. The van der Waals surface area contributed by atoms with Gasteiger partial charge in [0.1, 0.15) is 0 Å². The summed E-state index contributed by atoms with van der Waals surface area (Å²) < 4.78 is 4.57. The molecule has 0 heterocycles. The van der Waals surface area contributed by atoms with E-state index in [9.17, 15) is 9.90 Å². The molecule has 3 heteroatoms. The average molecular weight is 156 g/mol. The Labute approximate surface area is 65.4 Å². The molecule has 1 N–H and O–H groups in total. The van der Waals surface area contributed by atoms with Crippen molar-refractivity contribution in [3.63, 3.8) is 0 Å². The highest BCUT2D eigenvalue weighted by Crippen LogP contribution is 2.54. The van der Waals surface area contributed by atoms with Gasteiger partial charge in [0.25, 0.3) is 0 Å². The largest absolute Gasteiger partial charge is 0.469 e. The third kappa shape index (κ3) is 0.948. The normalized spacial score (nSPS) is 46.7. The van der Waals surface area contributed by atoms with E-state index < -0.39 is 6.10 Å². The molecule has 0 radical (unpaired) electrons. The van der Waals surface area contributed by atoms with Gasteiger partial charge in [0.2, 0.25) is 0 Å². The van der Waals surface area contributed by atoms with Gasteiger partial charge in [-0.15, -0.1) is 0 Å². The van der Waals surface area contributed by atoms with Crippen molar-refractivity contribution >= 4 is 5.97 Å². The Morgan fingerprint density at radius 2 is 2.27 bits per heavy atom. The molecule has 3 nitrogen and oxygen atoms in total. The lowest BCUT2D eigenvalue weighted by molar-refractivity contribution is -0.149. The van der Waals surface area contributed by atoms with Crippen LogP contribution in [0.1, 0.15) is 12.8 Å². The van der Waals surface area contributed by atoms with Gasteiger partial charge in [-0.2, -0.15) is 0 Å². The molecule has 0 spiro atoms. The van der Waals surface area contributed by atoms with Crippen LogP contribution in [0.3, 0.4) is 0 Å². The van der Waals surface area contributed by atoms with Crippen LogP contribution < -0.4 is 0 Å². The molecular formula is C8H12O3. The number of esters is 1. The molecule has 0 aliphatic heterocycles. The summed E-state index contributed by atoms with van der Waals surface area (Å²) in [6, 6.07) is 0. The predicted octanol–water partition coefficient (Wildman–Crippen LogP) is 0.176. The third-order valence-electron chi connectivity index (χ3n) is 2.89. The van der Waals surface area contributed by atoms with Crippen molar-refractivity contribution < 1.29 is 14.6 Å². The van der Waals surface area contributed by atoms with Gasteiger partial charge >= 0.3 is 5.97 Å². The second kappa shape index (κ2) is 2.21. The van der Waals surface area contributed by atoms with Gasteiger partial charge in [-0.05, 0) is 24.7 Å². The number of aliphatic hydroxyl groups is 1. The van der Waals surface area contributed by atoms with Crippen molar-refractivity contribution in [2.24, 2.45) is 17.8 Å². The summed E-state index contributed by atoms with van der Waals surface area (Å²) in [4.78, 5) is 11.0. The van der Waals surface area contributed by atoms with Crippen molar-refractivity contribution in [1.82, 2.24) is 0 Å². The van der Waals surface area contributed by atoms with Gasteiger partial charge in [-0.25, -0.2) is 0 Å². The first-order valence-electron chi connectivity index (χ1n) is 4.00. The first-order valence-corrected chi connectivity index (χ1v) is 4.00. The Kier molecular flexibility index (Phi) is 1.42. The van der Waals surface area contributed by atoms with Crippen LogP contribution in [0.5, 0.6) is 0 Å². The molecule has 62 valence electrons. The molecule has 0 bridgehead atoms. The molecule has 0 aromatic carbocycles. The molecule has 0 aromatic heterocycles. The molecule has 2 saturated carbocycles. The standard InChI is InChI=1S/C8H12O3/c1-11-8(10)6-3-4-2-5(4)7(6)9/h4-7,9H,2-3H2,1H3/t4-,5-,6-,7-/m1/s1. The molecule has 0 unspecified atom stereocenters. The van der Waals surface area contributed by atoms with E-state index in [1.807, 2.05) is 0 Å². The lowest BCUT2D eigenvalue weighted by Crippen LogP contribution is -2.26. The summed E-state index contributed by atoms with van der Waals surface area (Å²) in [6.07, 6.45) is 1.51. The topological polar surface area (TPSA) is 46.5 Å². The minimum atomic E-state index is -0.424. The van der Waals surface area contributed by atoms with E-state index in [0.29, 0.717) is 11.8 Å². The third-order valence-corrected chi connectivity index (χ3v) is 2.89. The van der Waals surface area contributed by atoms with Crippen molar-refractivity contribution in [3.05, 3.63) is 0 Å². The van der Waals surface area contributed by atoms with Crippen LogP contribution in [0.25, 0.3) is 0 Å². The van der Waals surface area contributed by atoms with Crippen LogP contribution >= 0.6 is 0 Å². The smallest absolute Gasteiger partial charge is 0.311 e. The van der Waals surface area contributed by atoms with Gasteiger partial charge in [0, 0.05) is 0 Å². The van der Waals surface area contributed by atoms with E-state index in [1.54, 1.807) is 0 Å². The summed E-state index contributed by atoms with van der Waals surface area (Å²) in [5.74, 6) is 0.529. The minimum Gasteiger partial charge on any atom is -0.469 e. The highest BCUT2D eigenvalue weighted by atomic mass is 16.5. The number of carbonyl (C=O) groups is 1. The summed E-state index contributed by atoms with van der Waals surface area (Å²) in [6.45, 7) is 0. The summed E-state index contributed by atoms with van der Waals surface area (Å²) >= 11 is 0. The molecule has 0 saturated heterocycles. The van der Waals surface area contributed by atoms with Crippen LogP contribution in [0.15, 0.2) is 0 Å². The second-order valence-electron chi connectivity index (χ2n) is 3.52. The van der Waals surface area contributed by atoms with E-state index in [4.69, 9.17) is 0 Å². The first-order chi connectivity index (χ1) is 5.24. The van der Waals surface area contributed by atoms with E-state index in [0.717, 1.165) is 12.8 Å². The second-order valence-corrected chi connectivity index (χ2v) is 3.52. The van der Waals surface area contributed by atoms with Gasteiger partial charge in [0.15, 0.2) is 0 Å². The molecule has 4 atom stereocenters. The number of ether oxygens (including phenoxy) is 1. The van der Waals surface area contributed by atoms with Crippen LogP contribution in [0.4, 0.5) is 0 Å². The fraction of sp³-hybridized carbons (Fsp3) is 0.875. The van der Waals surface area contributed by atoms with E-state index >= 15 is 0 Å². The fourth-order valence-corrected chi connectivity index (χ4v) is 2.11. The highest BCUT2D eigenvalue weighted by Gasteiger charge is 2.55. The van der Waals surface area contributed by atoms with Crippen molar-refractivity contribution in [2.45, 2.75) is 18.9 Å². The molecule has 0 aromatic rings. The van der Waals surface area contributed by atoms with Gasteiger partial charge in [0.05, 0.1) is 19.1 Å². The zero-order valence-corrected chi connectivity index (χ0v) is 6.49. The quantitative estimate of drug-likeness (QED) is 0.551. The number of fused-ring (bicyclic) bond motifs is 1. The summed E-state index contributed by atoms with van der Waals surface area (Å²) in [7, 11) is 1.37. The molecule has 2 aliphatic carbocycles. The van der Waals surface area contributed by atoms with Crippen LogP contribution in [0.2, 0.25) is 0 Å². The molecule has 0 amide bonds. The maximum Gasteiger partial charge on any atom is 0.311 e. The molecule has 2 fully saturated rings. The highest BCUT2D eigenvalue weighted by molar-refractivity contribution is 5.73. The SMILES string of the molecule is COC(=O)[C@@H]1C[C@H]2C[C@H]2[C@H]1O. The number of hydrogen-bond acceptors (Lipinski definition) is 3. The Bertz CT molecular complexity index is 190. The van der Waals surface area contributed by atoms with Gasteiger partial charge in [-0.3, -0.25) is 4.79 Å². The monoisotopic (exact) mass is 156 g/mol. The summed E-state index contributed by atoms with van der Waals surface area (Å²) in [5.41, 5.74) is 0. The number of rotatable bonds is 1. The molecular weight excluding hydrogens is 144 g/mol. The predicted molar refractivity (Wildman–Crippen MR) is 37.7 cm³/mol. The zero-order valence-electron chi connectivity index (χ0n) is 6.49. The Morgan fingerprint density at radius 1 is 1.55 bits per heavy atom. The Hall–Kier alpha value is -0.570. The van der Waals surface area contributed by atoms with Crippen LogP contribution in [0, 0.1) is 17.8 Å². The van der Waals surface area contributed by atoms with Crippen molar-refractivity contribution in [3.8, 4) is 0 Å². The van der Waals surface area contributed by atoms with E-state index in [1.165, 1.54) is 7.11 Å². The van der Waals surface area contributed by atoms with Crippen LogP contribution in [-0.4, -0.2) is 24.3 Å². The molecule has 2 aliphatic rings. The number of aliphatic hydroxyl groups excluding tert-OH is 1. The number of carbonyl (C=O) groups excluding carboxylic acids is 1. The van der Waals surface area contributed by atoms with Crippen LogP contribution in [-0.2, 0) is 9.53 Å². The van der Waals surface area contributed by atoms with E-state index in [2.05, 4.69) is 4.74 Å². The zero-order chi connectivity index (χ0) is 8.01. The molecule has 11 heavy (non-hydrogen) atoms. The fourth-order valence-electron chi connectivity index (χ4n) is 2.11. The van der Waals surface area contributed by atoms with E-state index in [-0.39, 0.29) is 11.9 Å². The maximum absolute atomic E-state index is 11.0. The Balaban J connectivity index is 2.01. The van der Waals surface area contributed by atoms with Crippen molar-refractivity contribution in [1.29, 1.82) is 0 Å². The number of methoxy groups -OCH3 is 1. The van der Waals surface area contributed by atoms with Crippen molar-refractivity contribution in [2.75, 3.05) is 7.11 Å². The van der Waals surface area contributed by atoms with Gasteiger partial charge in [-0.1, -0.05) is 0 Å². The maximum atomic E-state index is 11.0. The number of hydrogen-bond donors (Lipinski definition) is 1. The minimum absolute atomic E-state index is 0.233. The lowest BCUT2D eigenvalue weighted by Gasteiger charge is -2.13.